The molecule has 0 aliphatic carbocycles. The van der Waals surface area contributed by atoms with Crippen LogP contribution in [0, 0.1) is 0 Å². The smallest absolute Gasteiger partial charge is 0.160 e. The van der Waals surface area contributed by atoms with E-state index in [1.54, 1.807) is 0 Å². The van der Waals surface area contributed by atoms with E-state index in [9.17, 15) is 0 Å². The lowest BCUT2D eigenvalue weighted by atomic mass is 9.91. The number of nitrogens with zero attached hydrogens (tertiary/aromatic N) is 3. The molecule has 0 saturated carbocycles. The second-order valence-corrected chi connectivity index (χ2v) is 12.8. The standard InChI is InChI=1S/C47H29N3/c1-2-12-36(13-3-1)47-48-42-17-9-8-16-39(42)44(50-47)35-24-20-31(21-25-35)30-18-22-34(23-19-30)43-40-28-26-32-10-4-6-14-37(32)45(40)49-46-38-15-7-5-11-33(38)27-29-41(43)46/h1-29H. The van der Waals surface area contributed by atoms with Gasteiger partial charge in [-0.25, -0.2) is 15.0 Å². The largest absolute Gasteiger partial charge is 0.246 e. The Morgan fingerprint density at radius 1 is 0.280 bits per heavy atom. The summed E-state index contributed by atoms with van der Waals surface area (Å²) in [4.78, 5) is 15.3. The first-order valence-corrected chi connectivity index (χ1v) is 16.9. The van der Waals surface area contributed by atoms with Crippen molar-refractivity contribution in [2.24, 2.45) is 0 Å². The summed E-state index contributed by atoms with van der Waals surface area (Å²) in [5.74, 6) is 0.733. The molecule has 0 saturated heterocycles. The van der Waals surface area contributed by atoms with Gasteiger partial charge in [-0.05, 0) is 33.5 Å². The van der Waals surface area contributed by atoms with Gasteiger partial charge in [0.1, 0.15) is 0 Å². The molecule has 0 unspecified atom stereocenters. The number of para-hydroxylation sites is 1. The Balaban J connectivity index is 1.08. The molecule has 0 N–H and O–H groups in total. The van der Waals surface area contributed by atoms with Crippen molar-refractivity contribution in [1.82, 2.24) is 15.0 Å². The van der Waals surface area contributed by atoms with Crippen molar-refractivity contribution in [2.75, 3.05) is 0 Å². The molecule has 8 aromatic carbocycles. The highest BCUT2D eigenvalue weighted by atomic mass is 14.9. The minimum Gasteiger partial charge on any atom is -0.246 e. The normalized spacial score (nSPS) is 11.6. The maximum Gasteiger partial charge on any atom is 0.160 e. The van der Waals surface area contributed by atoms with Crippen LogP contribution >= 0.6 is 0 Å². The first-order chi connectivity index (χ1) is 24.8. The number of hydrogen-bond donors (Lipinski definition) is 0. The summed E-state index contributed by atoms with van der Waals surface area (Å²) < 4.78 is 0. The molecule has 232 valence electrons. The first kappa shape index (κ1) is 28.3. The average Bonchev–Trinajstić information content (AvgIpc) is 3.20. The average molecular weight is 636 g/mol. The van der Waals surface area contributed by atoms with Crippen LogP contribution in [0.4, 0.5) is 0 Å². The molecular formula is C47H29N3. The van der Waals surface area contributed by atoms with Crippen molar-refractivity contribution < 1.29 is 0 Å². The van der Waals surface area contributed by atoms with Crippen LogP contribution in [0.15, 0.2) is 176 Å². The van der Waals surface area contributed by atoms with Crippen molar-refractivity contribution in [1.29, 1.82) is 0 Å². The maximum absolute atomic E-state index is 5.35. The van der Waals surface area contributed by atoms with Gasteiger partial charge in [-0.15, -0.1) is 0 Å². The van der Waals surface area contributed by atoms with Gasteiger partial charge in [0, 0.05) is 43.6 Å². The molecule has 0 spiro atoms. The summed E-state index contributed by atoms with van der Waals surface area (Å²) in [7, 11) is 0. The zero-order valence-corrected chi connectivity index (χ0v) is 27.1. The molecule has 0 aliphatic rings. The highest BCUT2D eigenvalue weighted by Crippen LogP contribution is 2.40. The number of hydrogen-bond acceptors (Lipinski definition) is 3. The zero-order valence-electron chi connectivity index (χ0n) is 27.1. The number of rotatable bonds is 4. The molecule has 10 aromatic rings. The number of pyridine rings is 1. The van der Waals surface area contributed by atoms with E-state index in [1.165, 1.54) is 32.7 Å². The van der Waals surface area contributed by atoms with Crippen LogP contribution in [0.2, 0.25) is 0 Å². The van der Waals surface area contributed by atoms with Gasteiger partial charge in [-0.3, -0.25) is 0 Å². The van der Waals surface area contributed by atoms with Gasteiger partial charge in [-0.1, -0.05) is 170 Å². The molecule has 3 nitrogen and oxygen atoms in total. The second kappa shape index (κ2) is 11.5. The Morgan fingerprint density at radius 2 is 0.780 bits per heavy atom. The van der Waals surface area contributed by atoms with Crippen LogP contribution < -0.4 is 0 Å². The lowest BCUT2D eigenvalue weighted by Crippen LogP contribution is -1.95. The van der Waals surface area contributed by atoms with E-state index < -0.39 is 0 Å². The molecule has 0 bridgehead atoms. The monoisotopic (exact) mass is 635 g/mol. The van der Waals surface area contributed by atoms with E-state index in [0.717, 1.165) is 66.5 Å². The maximum atomic E-state index is 5.35. The van der Waals surface area contributed by atoms with Crippen LogP contribution in [-0.2, 0) is 0 Å². The molecule has 10 rings (SSSR count). The Kier molecular flexibility index (Phi) is 6.49. The summed E-state index contributed by atoms with van der Waals surface area (Å²) >= 11 is 0. The quantitative estimate of drug-likeness (QED) is 0.143. The van der Waals surface area contributed by atoms with Crippen molar-refractivity contribution in [2.45, 2.75) is 0 Å². The number of benzene rings is 8. The van der Waals surface area contributed by atoms with Gasteiger partial charge in [0.15, 0.2) is 5.82 Å². The minimum atomic E-state index is 0.733. The molecule has 0 fully saturated rings. The lowest BCUT2D eigenvalue weighted by Gasteiger charge is -2.15. The number of fused-ring (bicyclic) bond motifs is 7. The fraction of sp³-hybridized carbons (Fsp3) is 0. The van der Waals surface area contributed by atoms with E-state index in [0.29, 0.717) is 0 Å². The third-order valence-electron chi connectivity index (χ3n) is 9.86. The lowest BCUT2D eigenvalue weighted by molar-refractivity contribution is 1.23. The molecule has 0 aliphatic heterocycles. The SMILES string of the molecule is c1ccc(-c2nc(-c3ccc(-c4ccc(-c5c6ccc7ccccc7c6nc6c5ccc5ccccc56)cc4)cc3)c3ccccc3n2)cc1. The predicted octanol–water partition coefficient (Wildman–Crippen LogP) is 12.3. The van der Waals surface area contributed by atoms with Gasteiger partial charge in [0.05, 0.1) is 22.2 Å². The Hall–Kier alpha value is -6.71. The fourth-order valence-electron chi connectivity index (χ4n) is 7.39. The van der Waals surface area contributed by atoms with Crippen LogP contribution in [-0.4, -0.2) is 15.0 Å². The molecule has 50 heavy (non-hydrogen) atoms. The Labute approximate surface area is 289 Å². The number of aromatic nitrogens is 3. The van der Waals surface area contributed by atoms with Gasteiger partial charge in [0.25, 0.3) is 0 Å². The zero-order chi connectivity index (χ0) is 33.0. The summed E-state index contributed by atoms with van der Waals surface area (Å²) in [6, 6.07) is 62.1. The topological polar surface area (TPSA) is 38.7 Å². The van der Waals surface area contributed by atoms with Crippen LogP contribution in [0.5, 0.6) is 0 Å². The fourth-order valence-corrected chi connectivity index (χ4v) is 7.39. The first-order valence-electron chi connectivity index (χ1n) is 16.9. The highest BCUT2D eigenvalue weighted by Gasteiger charge is 2.16. The molecule has 0 amide bonds. The third-order valence-corrected chi connectivity index (χ3v) is 9.86. The van der Waals surface area contributed by atoms with Gasteiger partial charge >= 0.3 is 0 Å². The van der Waals surface area contributed by atoms with Gasteiger partial charge < -0.3 is 0 Å². The van der Waals surface area contributed by atoms with E-state index >= 15 is 0 Å². The molecule has 3 heteroatoms. The molecule has 2 aromatic heterocycles. The van der Waals surface area contributed by atoms with E-state index in [2.05, 4.69) is 146 Å². The summed E-state index contributed by atoms with van der Waals surface area (Å²) in [6.07, 6.45) is 0. The van der Waals surface area contributed by atoms with Crippen molar-refractivity contribution in [3.05, 3.63) is 176 Å². The molecule has 2 heterocycles. The second-order valence-electron chi connectivity index (χ2n) is 12.8. The summed E-state index contributed by atoms with van der Waals surface area (Å²) in [6.45, 7) is 0. The van der Waals surface area contributed by atoms with Crippen molar-refractivity contribution in [3.8, 4) is 44.9 Å². The van der Waals surface area contributed by atoms with Crippen LogP contribution in [0.3, 0.4) is 0 Å². The molecular weight excluding hydrogens is 607 g/mol. The third kappa shape index (κ3) is 4.63. The van der Waals surface area contributed by atoms with Crippen LogP contribution in [0.1, 0.15) is 0 Å². The van der Waals surface area contributed by atoms with Crippen LogP contribution in [0.25, 0.3) is 99.2 Å². The van der Waals surface area contributed by atoms with Crippen molar-refractivity contribution >= 4 is 54.3 Å². The van der Waals surface area contributed by atoms with E-state index in [4.69, 9.17) is 15.0 Å². The Bertz CT molecular complexity index is 2800. The highest BCUT2D eigenvalue weighted by molar-refractivity contribution is 6.21. The predicted molar refractivity (Wildman–Crippen MR) is 209 cm³/mol. The van der Waals surface area contributed by atoms with Crippen molar-refractivity contribution in [3.63, 3.8) is 0 Å². The molecule has 0 atom stereocenters. The van der Waals surface area contributed by atoms with E-state index in [-0.39, 0.29) is 0 Å². The van der Waals surface area contributed by atoms with E-state index in [1.807, 2.05) is 30.3 Å². The Morgan fingerprint density at radius 3 is 1.40 bits per heavy atom. The summed E-state index contributed by atoms with van der Waals surface area (Å²) in [5.41, 5.74) is 10.7. The summed E-state index contributed by atoms with van der Waals surface area (Å²) in [5, 5.41) is 8.11. The van der Waals surface area contributed by atoms with Gasteiger partial charge in [0.2, 0.25) is 0 Å². The minimum absolute atomic E-state index is 0.733. The molecule has 0 radical (unpaired) electrons. The van der Waals surface area contributed by atoms with Gasteiger partial charge in [-0.2, -0.15) is 0 Å².